The Morgan fingerprint density at radius 3 is 2.13 bits per heavy atom. The molecule has 168 valence electrons. The highest BCUT2D eigenvalue weighted by atomic mass is 32.2. The van der Waals surface area contributed by atoms with Crippen LogP contribution in [0.2, 0.25) is 0 Å². The smallest absolute Gasteiger partial charge is 0.263 e. The van der Waals surface area contributed by atoms with E-state index in [1.165, 1.54) is 24.6 Å². The summed E-state index contributed by atoms with van der Waals surface area (Å²) >= 11 is 0. The molecule has 0 N–H and O–H groups in total. The second-order valence-electron chi connectivity index (χ2n) is 7.32. The molecule has 0 radical (unpaired) electrons. The number of hydrogen-bond acceptors (Lipinski definition) is 6. The molecule has 0 bridgehead atoms. The van der Waals surface area contributed by atoms with Crippen LogP contribution in [0.1, 0.15) is 12.5 Å². The van der Waals surface area contributed by atoms with E-state index in [-0.39, 0.29) is 42.7 Å². The van der Waals surface area contributed by atoms with Gasteiger partial charge in [-0.1, -0.05) is 17.7 Å². The van der Waals surface area contributed by atoms with Gasteiger partial charge in [-0.15, -0.1) is 0 Å². The predicted octanol–water partition coefficient (Wildman–Crippen LogP) is 2.31. The number of ether oxygens (including phenoxy) is 3. The molecule has 1 fully saturated rings. The molecule has 31 heavy (non-hydrogen) atoms. The third-order valence-corrected chi connectivity index (χ3v) is 7.14. The SMILES string of the molecule is COc1ccc(OC)c(S(=O)(=O)N2CCN(C(=O)[C@H](C)Oc3ccc(C)cc3)CC2)c1. The number of amides is 1. The Hall–Kier alpha value is -2.78. The van der Waals surface area contributed by atoms with E-state index in [9.17, 15) is 13.2 Å². The normalized spacial score (nSPS) is 15.9. The lowest BCUT2D eigenvalue weighted by Gasteiger charge is -2.35. The summed E-state index contributed by atoms with van der Waals surface area (Å²) in [5.74, 6) is 1.13. The zero-order chi connectivity index (χ0) is 22.6. The van der Waals surface area contributed by atoms with Gasteiger partial charge in [-0.3, -0.25) is 4.79 Å². The van der Waals surface area contributed by atoms with Crippen LogP contribution < -0.4 is 14.2 Å². The minimum atomic E-state index is -3.80. The maximum Gasteiger partial charge on any atom is 0.263 e. The highest BCUT2D eigenvalue weighted by molar-refractivity contribution is 7.89. The summed E-state index contributed by atoms with van der Waals surface area (Å²) in [5.41, 5.74) is 1.11. The summed E-state index contributed by atoms with van der Waals surface area (Å²) in [6.45, 7) is 4.62. The highest BCUT2D eigenvalue weighted by Crippen LogP contribution is 2.31. The maximum absolute atomic E-state index is 13.2. The first kappa shape index (κ1) is 22.9. The lowest BCUT2D eigenvalue weighted by Crippen LogP contribution is -2.53. The molecule has 1 aliphatic heterocycles. The number of nitrogens with zero attached hydrogens (tertiary/aromatic N) is 2. The molecule has 0 saturated carbocycles. The van der Waals surface area contributed by atoms with Crippen molar-refractivity contribution in [3.8, 4) is 17.2 Å². The van der Waals surface area contributed by atoms with Gasteiger partial charge in [0.1, 0.15) is 22.1 Å². The van der Waals surface area contributed by atoms with Crippen molar-refractivity contribution < 1.29 is 27.4 Å². The monoisotopic (exact) mass is 448 g/mol. The molecule has 1 saturated heterocycles. The molecule has 3 rings (SSSR count). The van der Waals surface area contributed by atoms with Crippen molar-refractivity contribution >= 4 is 15.9 Å². The number of benzene rings is 2. The highest BCUT2D eigenvalue weighted by Gasteiger charge is 2.33. The van der Waals surface area contributed by atoms with Gasteiger partial charge in [0.25, 0.3) is 5.91 Å². The van der Waals surface area contributed by atoms with Crippen molar-refractivity contribution in [3.05, 3.63) is 48.0 Å². The summed E-state index contributed by atoms with van der Waals surface area (Å²) in [6, 6.07) is 12.1. The number of piperazine rings is 1. The van der Waals surface area contributed by atoms with Crippen LogP contribution in [0.15, 0.2) is 47.4 Å². The van der Waals surface area contributed by atoms with Gasteiger partial charge < -0.3 is 19.1 Å². The van der Waals surface area contributed by atoms with Crippen LogP contribution in [-0.4, -0.2) is 70.0 Å². The molecule has 8 nitrogen and oxygen atoms in total. The molecule has 2 aromatic rings. The van der Waals surface area contributed by atoms with Crippen molar-refractivity contribution in [1.82, 2.24) is 9.21 Å². The van der Waals surface area contributed by atoms with Crippen molar-refractivity contribution in [3.63, 3.8) is 0 Å². The van der Waals surface area contributed by atoms with Gasteiger partial charge in [-0.25, -0.2) is 8.42 Å². The second-order valence-corrected chi connectivity index (χ2v) is 9.23. The molecule has 0 aliphatic carbocycles. The molecule has 1 atom stereocenters. The maximum atomic E-state index is 13.2. The zero-order valence-electron chi connectivity index (χ0n) is 18.2. The first-order valence-corrected chi connectivity index (χ1v) is 11.4. The van der Waals surface area contributed by atoms with Crippen LogP contribution in [0, 0.1) is 6.92 Å². The number of sulfonamides is 1. The van der Waals surface area contributed by atoms with Gasteiger partial charge in [0, 0.05) is 32.2 Å². The fraction of sp³-hybridized carbons (Fsp3) is 0.409. The minimum Gasteiger partial charge on any atom is -0.497 e. The first-order chi connectivity index (χ1) is 14.8. The Morgan fingerprint density at radius 1 is 0.935 bits per heavy atom. The minimum absolute atomic E-state index is 0.0465. The molecule has 2 aromatic carbocycles. The fourth-order valence-electron chi connectivity index (χ4n) is 3.40. The molecular formula is C22H28N2O6S. The average molecular weight is 449 g/mol. The van der Waals surface area contributed by atoms with Gasteiger partial charge in [-0.2, -0.15) is 4.31 Å². The number of hydrogen-bond donors (Lipinski definition) is 0. The van der Waals surface area contributed by atoms with E-state index in [2.05, 4.69) is 0 Å². The van der Waals surface area contributed by atoms with Gasteiger partial charge in [0.15, 0.2) is 6.10 Å². The molecule has 1 aliphatic rings. The molecule has 0 spiro atoms. The van der Waals surface area contributed by atoms with Crippen molar-refractivity contribution in [1.29, 1.82) is 0 Å². The largest absolute Gasteiger partial charge is 0.497 e. The summed E-state index contributed by atoms with van der Waals surface area (Å²) in [4.78, 5) is 14.5. The van der Waals surface area contributed by atoms with Crippen LogP contribution in [-0.2, 0) is 14.8 Å². The van der Waals surface area contributed by atoms with Gasteiger partial charge in [-0.05, 0) is 38.1 Å². The summed E-state index contributed by atoms with van der Waals surface area (Å²) in [7, 11) is -0.902. The summed E-state index contributed by atoms with van der Waals surface area (Å²) in [6.07, 6.45) is -0.663. The Bertz CT molecular complexity index is 1010. The van der Waals surface area contributed by atoms with E-state index in [4.69, 9.17) is 14.2 Å². The molecule has 9 heteroatoms. The lowest BCUT2D eigenvalue weighted by molar-refractivity contribution is -0.139. The third kappa shape index (κ3) is 5.11. The van der Waals surface area contributed by atoms with Crippen molar-refractivity contribution in [2.24, 2.45) is 0 Å². The standard InChI is InChI=1S/C22H28N2O6S/c1-16-5-7-18(8-6-16)30-17(2)22(25)23-11-13-24(14-12-23)31(26,27)21-15-19(28-3)9-10-20(21)29-4/h5-10,15,17H,11-14H2,1-4H3/t17-/m0/s1. The van der Waals surface area contributed by atoms with Crippen LogP contribution >= 0.6 is 0 Å². The predicted molar refractivity (Wildman–Crippen MR) is 116 cm³/mol. The Balaban J connectivity index is 1.65. The quantitative estimate of drug-likeness (QED) is 0.646. The van der Waals surface area contributed by atoms with E-state index in [0.29, 0.717) is 11.5 Å². The number of aryl methyl sites for hydroxylation is 1. The summed E-state index contributed by atoms with van der Waals surface area (Å²) in [5, 5.41) is 0. The van der Waals surface area contributed by atoms with E-state index >= 15 is 0 Å². The third-order valence-electron chi connectivity index (χ3n) is 5.22. The van der Waals surface area contributed by atoms with E-state index in [1.54, 1.807) is 24.0 Å². The van der Waals surface area contributed by atoms with Crippen molar-refractivity contribution in [2.75, 3.05) is 40.4 Å². The fourth-order valence-corrected chi connectivity index (χ4v) is 4.99. The number of carbonyl (C=O) groups excluding carboxylic acids is 1. The lowest BCUT2D eigenvalue weighted by atomic mass is 10.2. The van der Waals surface area contributed by atoms with Gasteiger partial charge in [0.2, 0.25) is 10.0 Å². The molecule has 0 unspecified atom stereocenters. The Labute approximate surface area is 183 Å². The molecule has 1 amide bonds. The Kier molecular flexibility index (Phi) is 7.07. The second kappa shape index (κ2) is 9.57. The van der Waals surface area contributed by atoms with Crippen LogP contribution in [0.5, 0.6) is 17.2 Å². The number of rotatable bonds is 7. The molecular weight excluding hydrogens is 420 g/mol. The van der Waals surface area contributed by atoms with Crippen LogP contribution in [0.3, 0.4) is 0 Å². The van der Waals surface area contributed by atoms with E-state index in [1.807, 2.05) is 31.2 Å². The zero-order valence-corrected chi connectivity index (χ0v) is 19.0. The topological polar surface area (TPSA) is 85.4 Å². The Morgan fingerprint density at radius 2 is 1.55 bits per heavy atom. The first-order valence-electron chi connectivity index (χ1n) is 10.0. The van der Waals surface area contributed by atoms with Crippen LogP contribution in [0.4, 0.5) is 0 Å². The van der Waals surface area contributed by atoms with E-state index in [0.717, 1.165) is 5.56 Å². The van der Waals surface area contributed by atoms with Gasteiger partial charge in [0.05, 0.1) is 14.2 Å². The number of methoxy groups -OCH3 is 2. The van der Waals surface area contributed by atoms with Crippen LogP contribution in [0.25, 0.3) is 0 Å². The molecule has 0 aromatic heterocycles. The summed E-state index contributed by atoms with van der Waals surface area (Å²) < 4.78 is 43.9. The molecule has 1 heterocycles. The van der Waals surface area contributed by atoms with E-state index < -0.39 is 16.1 Å². The van der Waals surface area contributed by atoms with Gasteiger partial charge >= 0.3 is 0 Å². The number of carbonyl (C=O) groups is 1. The van der Waals surface area contributed by atoms with Crippen molar-refractivity contribution in [2.45, 2.75) is 24.8 Å². The average Bonchev–Trinajstić information content (AvgIpc) is 2.79.